The number of sulfonamides is 1. The first kappa shape index (κ1) is 41.5. The Kier molecular flexibility index (Phi) is 12.8. The molecule has 2 amide bonds. The van der Waals surface area contributed by atoms with E-state index in [9.17, 15) is 22.8 Å². The first-order valence-electron chi connectivity index (χ1n) is 18.8. The van der Waals surface area contributed by atoms with Gasteiger partial charge < -0.3 is 20.1 Å². The van der Waals surface area contributed by atoms with Gasteiger partial charge in [-0.15, -0.1) is 0 Å². The molecule has 2 aromatic carbocycles. The average Bonchev–Trinajstić information content (AvgIpc) is 3.46. The summed E-state index contributed by atoms with van der Waals surface area (Å²) >= 11 is 0. The summed E-state index contributed by atoms with van der Waals surface area (Å²) in [5.74, 6) is 0.192. The molecule has 2 aliphatic heterocycles. The molecule has 3 aromatic rings. The zero-order valence-electron chi connectivity index (χ0n) is 33.2. The van der Waals surface area contributed by atoms with Crippen LogP contribution in [0.3, 0.4) is 0 Å². The Morgan fingerprint density at radius 2 is 1.73 bits per heavy atom. The van der Waals surface area contributed by atoms with E-state index in [1.807, 2.05) is 65.0 Å². The fourth-order valence-electron chi connectivity index (χ4n) is 6.92. The standard InChI is InChI=1S/C41H54N4O9S/c1-26-27(2)36(28(3)32-23-41(7,8)52-35(26)32)55(49,50)45-22-14-17-30-20-21-31(43-37(30)45)18-12-13-19-34(46)42-24-33(38(47)53-40(4,5)6)44-39(48)54-51-25-29-15-10-9-11-16-29/h9-11,15-16,20-21,33H,12-14,17-19,22-25H2,1-8H3,(H,42,46)(H,44,48). The van der Waals surface area contributed by atoms with Gasteiger partial charge in [0.1, 0.15) is 35.4 Å². The number of anilines is 1. The summed E-state index contributed by atoms with van der Waals surface area (Å²) in [6, 6.07) is 11.8. The first-order valence-corrected chi connectivity index (χ1v) is 20.3. The number of carbonyl (C=O) groups is 3. The Labute approximate surface area is 324 Å². The van der Waals surface area contributed by atoms with Crippen LogP contribution in [-0.4, -0.2) is 61.7 Å². The third-order valence-electron chi connectivity index (χ3n) is 9.67. The number of hydrogen-bond acceptors (Lipinski definition) is 10. The van der Waals surface area contributed by atoms with Crippen molar-refractivity contribution in [1.82, 2.24) is 15.6 Å². The van der Waals surface area contributed by atoms with Crippen LogP contribution in [0.2, 0.25) is 0 Å². The van der Waals surface area contributed by atoms with E-state index in [0.717, 1.165) is 45.7 Å². The van der Waals surface area contributed by atoms with Gasteiger partial charge >= 0.3 is 12.1 Å². The second kappa shape index (κ2) is 17.0. The molecule has 1 atom stereocenters. The average molecular weight is 779 g/mol. The van der Waals surface area contributed by atoms with Gasteiger partial charge in [0.15, 0.2) is 0 Å². The van der Waals surface area contributed by atoms with Crippen molar-refractivity contribution in [2.24, 2.45) is 0 Å². The number of unbranched alkanes of at least 4 members (excludes halogenated alkanes) is 1. The van der Waals surface area contributed by atoms with Gasteiger partial charge in [0.05, 0.1) is 4.90 Å². The fourth-order valence-corrected chi connectivity index (χ4v) is 8.94. The van der Waals surface area contributed by atoms with E-state index in [1.165, 1.54) is 4.31 Å². The number of aromatic nitrogens is 1. The van der Waals surface area contributed by atoms with Gasteiger partial charge in [-0.1, -0.05) is 36.4 Å². The van der Waals surface area contributed by atoms with Gasteiger partial charge in [-0.2, -0.15) is 4.89 Å². The summed E-state index contributed by atoms with van der Waals surface area (Å²) < 4.78 is 42.1. The number of hydrogen-bond donors (Lipinski definition) is 2. The van der Waals surface area contributed by atoms with E-state index < -0.39 is 39.3 Å². The van der Waals surface area contributed by atoms with Crippen LogP contribution >= 0.6 is 0 Å². The summed E-state index contributed by atoms with van der Waals surface area (Å²) in [6.45, 7) is 14.9. The number of amides is 2. The highest BCUT2D eigenvalue weighted by atomic mass is 32.2. The molecule has 0 radical (unpaired) electrons. The van der Waals surface area contributed by atoms with Crippen LogP contribution < -0.4 is 19.7 Å². The predicted octanol–water partition coefficient (Wildman–Crippen LogP) is 6.26. The lowest BCUT2D eigenvalue weighted by atomic mass is 9.94. The minimum atomic E-state index is -3.94. The Morgan fingerprint density at radius 3 is 2.44 bits per heavy atom. The summed E-state index contributed by atoms with van der Waals surface area (Å²) in [6.07, 6.45) is 2.87. The van der Waals surface area contributed by atoms with E-state index in [1.54, 1.807) is 32.9 Å². The van der Waals surface area contributed by atoms with Crippen molar-refractivity contribution >= 4 is 33.8 Å². The normalized spacial score (nSPS) is 15.3. The predicted molar refractivity (Wildman–Crippen MR) is 207 cm³/mol. The Hall–Kier alpha value is -4.69. The smallest absolute Gasteiger partial charge is 0.439 e. The van der Waals surface area contributed by atoms with Crippen molar-refractivity contribution < 1.29 is 42.1 Å². The van der Waals surface area contributed by atoms with Crippen molar-refractivity contribution in [3.63, 3.8) is 0 Å². The highest BCUT2D eigenvalue weighted by Crippen LogP contribution is 2.45. The van der Waals surface area contributed by atoms with Gasteiger partial charge in [0, 0.05) is 37.2 Å². The molecule has 298 valence electrons. The molecule has 2 aliphatic rings. The van der Waals surface area contributed by atoms with Gasteiger partial charge in [-0.3, -0.25) is 9.68 Å². The molecule has 0 bridgehead atoms. The molecule has 2 N–H and O–H groups in total. The van der Waals surface area contributed by atoms with Crippen LogP contribution in [0.25, 0.3) is 0 Å². The number of aryl methyl sites for hydroxylation is 2. The maximum Gasteiger partial charge on any atom is 0.439 e. The Bertz CT molecular complexity index is 2010. The summed E-state index contributed by atoms with van der Waals surface area (Å²) in [7, 11) is -3.94. The number of esters is 1. The molecule has 0 aliphatic carbocycles. The number of benzene rings is 2. The number of pyridine rings is 1. The van der Waals surface area contributed by atoms with Crippen molar-refractivity contribution in [1.29, 1.82) is 0 Å². The van der Waals surface area contributed by atoms with E-state index in [2.05, 4.69) is 10.6 Å². The molecule has 1 unspecified atom stereocenters. The summed E-state index contributed by atoms with van der Waals surface area (Å²) in [5, 5.41) is 5.11. The molecule has 0 saturated heterocycles. The van der Waals surface area contributed by atoms with E-state index in [4.69, 9.17) is 24.2 Å². The molecule has 1 aromatic heterocycles. The zero-order chi connectivity index (χ0) is 40.1. The fraction of sp³-hybridized carbons (Fsp3) is 0.512. The molecular formula is C41H54N4O9S. The van der Waals surface area contributed by atoms with E-state index >= 15 is 0 Å². The van der Waals surface area contributed by atoms with Gasteiger partial charge in [0.25, 0.3) is 10.0 Å². The molecular weight excluding hydrogens is 725 g/mol. The second-order valence-corrected chi connectivity index (χ2v) is 17.7. The van der Waals surface area contributed by atoms with Crippen LogP contribution in [0.1, 0.15) is 99.4 Å². The molecule has 0 fully saturated rings. The molecule has 14 heteroatoms. The molecule has 0 saturated carbocycles. The molecule has 13 nitrogen and oxygen atoms in total. The van der Waals surface area contributed by atoms with Gasteiger partial charge in [-0.25, -0.2) is 27.3 Å². The van der Waals surface area contributed by atoms with Gasteiger partial charge in [-0.05, 0) is 121 Å². The first-order chi connectivity index (χ1) is 25.9. The molecule has 3 heterocycles. The quantitative estimate of drug-likeness (QED) is 0.0827. The minimum Gasteiger partial charge on any atom is -0.487 e. The highest BCUT2D eigenvalue weighted by molar-refractivity contribution is 7.93. The van der Waals surface area contributed by atoms with Crippen molar-refractivity contribution in [2.75, 3.05) is 17.4 Å². The van der Waals surface area contributed by atoms with Crippen LogP contribution in [-0.2, 0) is 60.0 Å². The Morgan fingerprint density at radius 1 is 1.00 bits per heavy atom. The van der Waals surface area contributed by atoms with Crippen LogP contribution in [0.5, 0.6) is 5.75 Å². The van der Waals surface area contributed by atoms with Crippen molar-refractivity contribution in [3.8, 4) is 5.75 Å². The monoisotopic (exact) mass is 778 g/mol. The van der Waals surface area contributed by atoms with Gasteiger partial charge in [0.2, 0.25) is 5.91 Å². The molecule has 5 rings (SSSR count). The lowest BCUT2D eigenvalue weighted by Crippen LogP contribution is -2.50. The van der Waals surface area contributed by atoms with Crippen molar-refractivity contribution in [2.45, 2.75) is 129 Å². The number of nitrogens with zero attached hydrogens (tertiary/aromatic N) is 2. The van der Waals surface area contributed by atoms with E-state index in [-0.39, 0.29) is 25.5 Å². The number of fused-ring (bicyclic) bond motifs is 2. The largest absolute Gasteiger partial charge is 0.487 e. The number of carbonyl (C=O) groups excluding carboxylic acids is 3. The maximum atomic E-state index is 14.5. The number of nitrogens with one attached hydrogen (secondary N) is 2. The topological polar surface area (TPSA) is 162 Å². The highest BCUT2D eigenvalue weighted by Gasteiger charge is 2.39. The third kappa shape index (κ3) is 10.3. The van der Waals surface area contributed by atoms with Crippen LogP contribution in [0.15, 0.2) is 47.4 Å². The lowest BCUT2D eigenvalue weighted by Gasteiger charge is -2.31. The zero-order valence-corrected chi connectivity index (χ0v) is 34.0. The third-order valence-corrected chi connectivity index (χ3v) is 11.7. The maximum absolute atomic E-state index is 14.5. The van der Waals surface area contributed by atoms with Crippen LogP contribution in [0, 0.1) is 20.8 Å². The van der Waals surface area contributed by atoms with Crippen LogP contribution in [0.4, 0.5) is 10.6 Å². The SMILES string of the molecule is Cc1c(C)c(S(=O)(=O)N2CCCc3ccc(CCCCC(=O)NCC(NC(=O)OOCc4ccccc4)C(=O)OC(C)(C)C)nc32)c(C)c2c1OC(C)(C)C2. The van der Waals surface area contributed by atoms with E-state index in [0.29, 0.717) is 54.9 Å². The number of rotatable bonds is 14. The molecule has 55 heavy (non-hydrogen) atoms. The second-order valence-electron chi connectivity index (χ2n) is 15.9. The number of ether oxygens (including phenoxy) is 2. The lowest BCUT2D eigenvalue weighted by molar-refractivity contribution is -0.249. The van der Waals surface area contributed by atoms with Crippen molar-refractivity contribution in [3.05, 3.63) is 81.5 Å². The Balaban J connectivity index is 1.17. The molecule has 0 spiro atoms. The summed E-state index contributed by atoms with van der Waals surface area (Å²) in [5.41, 5.74) is 4.38. The minimum absolute atomic E-state index is 0.0175. The summed E-state index contributed by atoms with van der Waals surface area (Å²) in [4.78, 5) is 53.1.